The number of aryl methyl sites for hydroxylation is 1. The van der Waals surface area contributed by atoms with Crippen LogP contribution in [0.4, 0.5) is 0 Å². The summed E-state index contributed by atoms with van der Waals surface area (Å²) in [6, 6.07) is 10.5. The fraction of sp³-hybridized carbons (Fsp3) is 0.500. The number of nitrogens with one attached hydrogen (secondary N) is 1. The maximum absolute atomic E-state index is 12.0. The number of benzene rings is 1. The Kier molecular flexibility index (Phi) is 4.20. The average Bonchev–Trinajstić information content (AvgIpc) is 2.88. The molecular weight excluding hydrogens is 264 g/mol. The summed E-state index contributed by atoms with van der Waals surface area (Å²) in [7, 11) is 2.12. The molecule has 0 amide bonds. The molecule has 1 aromatic heterocycles. The third-order valence-electron chi connectivity index (χ3n) is 4.32. The summed E-state index contributed by atoms with van der Waals surface area (Å²) < 4.78 is 1.81. The Balaban J connectivity index is 1.79. The molecule has 1 saturated heterocycles. The highest BCUT2D eigenvalue weighted by atomic mass is 16.1. The van der Waals surface area contributed by atoms with Gasteiger partial charge < -0.3 is 0 Å². The van der Waals surface area contributed by atoms with Crippen molar-refractivity contribution in [2.45, 2.75) is 38.3 Å². The van der Waals surface area contributed by atoms with Gasteiger partial charge >= 0.3 is 5.69 Å². The highest BCUT2D eigenvalue weighted by Gasteiger charge is 2.26. The van der Waals surface area contributed by atoms with Crippen LogP contribution in [0.15, 0.2) is 35.1 Å². The number of hydrogen-bond acceptors (Lipinski definition) is 3. The molecular formula is C16H22N4O. The second-order valence-corrected chi connectivity index (χ2v) is 5.77. The normalized spacial score (nSPS) is 19.8. The van der Waals surface area contributed by atoms with Crippen molar-refractivity contribution in [2.75, 3.05) is 13.6 Å². The lowest BCUT2D eigenvalue weighted by molar-refractivity contribution is 0.175. The first-order chi connectivity index (χ1) is 10.3. The molecule has 5 heteroatoms. The maximum Gasteiger partial charge on any atom is 0.343 e. The largest absolute Gasteiger partial charge is 0.343 e. The van der Waals surface area contributed by atoms with Crippen LogP contribution in [0.3, 0.4) is 0 Å². The van der Waals surface area contributed by atoms with Gasteiger partial charge in [0.05, 0.1) is 6.04 Å². The topological polar surface area (TPSA) is 53.9 Å². The molecule has 21 heavy (non-hydrogen) atoms. The molecule has 2 heterocycles. The van der Waals surface area contributed by atoms with Gasteiger partial charge in [-0.1, -0.05) is 36.8 Å². The van der Waals surface area contributed by atoms with E-state index in [2.05, 4.69) is 34.3 Å². The van der Waals surface area contributed by atoms with Crippen LogP contribution in [-0.4, -0.2) is 33.3 Å². The van der Waals surface area contributed by atoms with E-state index < -0.39 is 0 Å². The van der Waals surface area contributed by atoms with Gasteiger partial charge in [-0.05, 0) is 38.4 Å². The summed E-state index contributed by atoms with van der Waals surface area (Å²) in [6.45, 7) is 1.75. The number of aromatic nitrogens is 3. The number of rotatable bonds is 4. The third-order valence-corrected chi connectivity index (χ3v) is 4.32. The zero-order chi connectivity index (χ0) is 14.7. The molecule has 1 atom stereocenters. The van der Waals surface area contributed by atoms with Crippen LogP contribution >= 0.6 is 0 Å². The molecule has 0 radical (unpaired) electrons. The van der Waals surface area contributed by atoms with Crippen LogP contribution in [0.25, 0.3) is 0 Å². The van der Waals surface area contributed by atoms with Crippen molar-refractivity contribution in [1.82, 2.24) is 19.7 Å². The lowest BCUT2D eigenvalue weighted by atomic mass is 10.0. The quantitative estimate of drug-likeness (QED) is 0.935. The second kappa shape index (κ2) is 6.26. The monoisotopic (exact) mass is 286 g/mol. The first-order valence-electron chi connectivity index (χ1n) is 7.65. The fourth-order valence-electron chi connectivity index (χ4n) is 3.09. The zero-order valence-electron chi connectivity index (χ0n) is 12.5. The van der Waals surface area contributed by atoms with Crippen LogP contribution < -0.4 is 5.69 Å². The van der Waals surface area contributed by atoms with Crippen molar-refractivity contribution >= 4 is 0 Å². The Morgan fingerprint density at radius 3 is 2.86 bits per heavy atom. The molecule has 0 unspecified atom stereocenters. The van der Waals surface area contributed by atoms with Gasteiger partial charge in [0.15, 0.2) is 5.82 Å². The Bertz CT molecular complexity index is 631. The predicted molar refractivity (Wildman–Crippen MR) is 82.2 cm³/mol. The van der Waals surface area contributed by atoms with Crippen molar-refractivity contribution in [3.05, 3.63) is 52.2 Å². The number of nitrogens with zero attached hydrogens (tertiary/aromatic N) is 3. The molecule has 0 spiro atoms. The highest BCUT2D eigenvalue weighted by Crippen LogP contribution is 2.27. The molecule has 1 aliphatic rings. The lowest BCUT2D eigenvalue weighted by Gasteiger charge is -2.31. The van der Waals surface area contributed by atoms with E-state index in [0.717, 1.165) is 25.2 Å². The van der Waals surface area contributed by atoms with Gasteiger partial charge in [0.2, 0.25) is 0 Å². The Hall–Kier alpha value is -1.88. The molecule has 1 aromatic carbocycles. The smallest absolute Gasteiger partial charge is 0.296 e. The van der Waals surface area contributed by atoms with Crippen molar-refractivity contribution in [3.63, 3.8) is 0 Å². The van der Waals surface area contributed by atoms with Gasteiger partial charge in [0.1, 0.15) is 0 Å². The minimum atomic E-state index is -0.0973. The van der Waals surface area contributed by atoms with E-state index in [-0.39, 0.29) is 11.7 Å². The Morgan fingerprint density at radius 2 is 2.10 bits per heavy atom. The van der Waals surface area contributed by atoms with E-state index in [4.69, 9.17) is 0 Å². The van der Waals surface area contributed by atoms with Gasteiger partial charge in [0.25, 0.3) is 0 Å². The summed E-state index contributed by atoms with van der Waals surface area (Å²) in [6.07, 6.45) is 4.36. The van der Waals surface area contributed by atoms with Crippen molar-refractivity contribution < 1.29 is 0 Å². The van der Waals surface area contributed by atoms with Crippen LogP contribution in [-0.2, 0) is 13.0 Å². The Morgan fingerprint density at radius 1 is 1.29 bits per heavy atom. The standard InChI is InChI=1S/C16H22N4O/c1-19-11-6-5-9-14(19)15-17-18-16(21)20(15)12-10-13-7-3-2-4-8-13/h2-4,7-8,14H,5-6,9-12H2,1H3,(H,18,21)/t14-/m0/s1. The lowest BCUT2D eigenvalue weighted by Crippen LogP contribution is -2.33. The van der Waals surface area contributed by atoms with Crippen LogP contribution in [0.2, 0.25) is 0 Å². The van der Waals surface area contributed by atoms with E-state index in [9.17, 15) is 4.79 Å². The number of H-pyrrole nitrogens is 1. The zero-order valence-corrected chi connectivity index (χ0v) is 12.5. The number of hydrogen-bond donors (Lipinski definition) is 1. The summed E-state index contributed by atoms with van der Waals surface area (Å²) in [5.41, 5.74) is 1.15. The van der Waals surface area contributed by atoms with E-state index in [1.807, 2.05) is 18.2 Å². The van der Waals surface area contributed by atoms with E-state index in [0.29, 0.717) is 6.54 Å². The summed E-state index contributed by atoms with van der Waals surface area (Å²) in [4.78, 5) is 14.3. The van der Waals surface area contributed by atoms with Gasteiger partial charge in [-0.3, -0.25) is 9.47 Å². The predicted octanol–water partition coefficient (Wildman–Crippen LogP) is 1.97. The molecule has 0 aliphatic carbocycles. The molecule has 1 aliphatic heterocycles. The SMILES string of the molecule is CN1CCCC[C@H]1c1n[nH]c(=O)n1CCc1ccccc1. The summed E-state index contributed by atoms with van der Waals surface area (Å²) in [5, 5.41) is 6.91. The molecule has 1 fully saturated rings. The van der Waals surface area contributed by atoms with E-state index in [1.165, 1.54) is 18.4 Å². The number of aromatic amines is 1. The molecule has 5 nitrogen and oxygen atoms in total. The number of piperidine rings is 1. The molecule has 3 rings (SSSR count). The highest BCUT2D eigenvalue weighted by molar-refractivity contribution is 5.14. The minimum Gasteiger partial charge on any atom is -0.296 e. The van der Waals surface area contributed by atoms with Crippen molar-refractivity contribution in [3.8, 4) is 0 Å². The first-order valence-corrected chi connectivity index (χ1v) is 7.65. The number of likely N-dealkylation sites (tertiary alicyclic amines) is 1. The Labute approximate surface area is 124 Å². The van der Waals surface area contributed by atoms with Gasteiger partial charge in [0, 0.05) is 6.54 Å². The van der Waals surface area contributed by atoms with Crippen molar-refractivity contribution in [2.24, 2.45) is 0 Å². The molecule has 1 N–H and O–H groups in total. The van der Waals surface area contributed by atoms with Crippen LogP contribution in [0.1, 0.15) is 36.7 Å². The van der Waals surface area contributed by atoms with Crippen molar-refractivity contribution in [1.29, 1.82) is 0 Å². The maximum atomic E-state index is 12.0. The minimum absolute atomic E-state index is 0.0973. The van der Waals surface area contributed by atoms with Gasteiger partial charge in [-0.2, -0.15) is 5.10 Å². The van der Waals surface area contributed by atoms with Crippen LogP contribution in [0, 0.1) is 0 Å². The van der Waals surface area contributed by atoms with E-state index >= 15 is 0 Å². The third kappa shape index (κ3) is 3.08. The van der Waals surface area contributed by atoms with Gasteiger partial charge in [-0.15, -0.1) is 0 Å². The fourth-order valence-corrected chi connectivity index (χ4v) is 3.09. The molecule has 2 aromatic rings. The summed E-state index contributed by atoms with van der Waals surface area (Å²) in [5.74, 6) is 0.887. The molecule has 0 saturated carbocycles. The average molecular weight is 286 g/mol. The summed E-state index contributed by atoms with van der Waals surface area (Å²) >= 11 is 0. The van der Waals surface area contributed by atoms with E-state index in [1.54, 1.807) is 4.57 Å². The first kappa shape index (κ1) is 14.1. The second-order valence-electron chi connectivity index (χ2n) is 5.77. The van der Waals surface area contributed by atoms with Gasteiger partial charge in [-0.25, -0.2) is 9.89 Å². The molecule has 112 valence electrons. The van der Waals surface area contributed by atoms with Crippen LogP contribution in [0.5, 0.6) is 0 Å². The molecule has 0 bridgehead atoms.